The van der Waals surface area contributed by atoms with E-state index in [0.717, 1.165) is 19.6 Å². The smallest absolute Gasteiger partial charge is 0.326 e. The molecule has 0 aromatic carbocycles. The minimum absolute atomic E-state index is 0.334. The van der Waals surface area contributed by atoms with Crippen LogP contribution in [-0.2, 0) is 9.53 Å². The van der Waals surface area contributed by atoms with Crippen molar-refractivity contribution in [1.29, 1.82) is 0 Å². The maximum atomic E-state index is 12.0. The lowest BCUT2D eigenvalue weighted by Crippen LogP contribution is -2.48. The number of hydrogen-bond acceptors (Lipinski definition) is 4. The van der Waals surface area contributed by atoms with Gasteiger partial charge in [0.05, 0.1) is 0 Å². The molecule has 0 bridgehead atoms. The van der Waals surface area contributed by atoms with Gasteiger partial charge in [-0.3, -0.25) is 0 Å². The van der Waals surface area contributed by atoms with E-state index in [-0.39, 0.29) is 6.03 Å². The summed E-state index contributed by atoms with van der Waals surface area (Å²) in [4.78, 5) is 27.0. The first-order valence-electron chi connectivity index (χ1n) is 7.50. The fourth-order valence-electron chi connectivity index (χ4n) is 2.35. The summed E-state index contributed by atoms with van der Waals surface area (Å²) in [6, 6.07) is -1.19. The van der Waals surface area contributed by atoms with Crippen molar-refractivity contribution in [3.05, 3.63) is 0 Å². The Hall–Kier alpha value is -1.34. The molecule has 0 aromatic heterocycles. The Bertz CT molecular complexity index is 332. The zero-order valence-electron chi connectivity index (χ0n) is 13.0. The number of nitrogens with one attached hydrogen (secondary N) is 1. The van der Waals surface area contributed by atoms with Crippen LogP contribution in [0.4, 0.5) is 4.79 Å². The molecule has 1 aliphatic rings. The second-order valence-corrected chi connectivity index (χ2v) is 5.45. The summed E-state index contributed by atoms with van der Waals surface area (Å²) in [5.74, 6) is -1.01. The summed E-state index contributed by atoms with van der Waals surface area (Å²) >= 11 is 0. The second-order valence-electron chi connectivity index (χ2n) is 5.45. The van der Waals surface area contributed by atoms with Crippen LogP contribution in [0.2, 0.25) is 0 Å². The lowest BCUT2D eigenvalue weighted by atomic mass is 10.1. The van der Waals surface area contributed by atoms with Crippen molar-refractivity contribution in [2.75, 3.05) is 46.9 Å². The zero-order valence-corrected chi connectivity index (χ0v) is 13.0. The summed E-state index contributed by atoms with van der Waals surface area (Å²) in [6.07, 6.45) is 3.41. The Labute approximate surface area is 126 Å². The maximum absolute atomic E-state index is 12.0. The van der Waals surface area contributed by atoms with Gasteiger partial charge in [0.1, 0.15) is 6.04 Å². The molecule has 0 spiro atoms. The Morgan fingerprint density at radius 3 is 2.62 bits per heavy atom. The van der Waals surface area contributed by atoms with Crippen molar-refractivity contribution < 1.29 is 19.4 Å². The van der Waals surface area contributed by atoms with Gasteiger partial charge < -0.3 is 25.0 Å². The molecular formula is C14H27N3O4. The number of methoxy groups -OCH3 is 1. The van der Waals surface area contributed by atoms with Crippen molar-refractivity contribution in [2.24, 2.45) is 0 Å². The normalized spacial score (nSPS) is 16.7. The van der Waals surface area contributed by atoms with Crippen LogP contribution >= 0.6 is 0 Å². The minimum atomic E-state index is -1.01. The maximum Gasteiger partial charge on any atom is 0.326 e. The number of urea groups is 1. The van der Waals surface area contributed by atoms with Crippen molar-refractivity contribution in [3.63, 3.8) is 0 Å². The van der Waals surface area contributed by atoms with Crippen molar-refractivity contribution in [1.82, 2.24) is 15.1 Å². The first-order valence-corrected chi connectivity index (χ1v) is 7.50. The molecule has 21 heavy (non-hydrogen) atoms. The molecule has 0 aliphatic carbocycles. The molecular weight excluding hydrogens is 274 g/mol. The van der Waals surface area contributed by atoms with Gasteiger partial charge in [-0.1, -0.05) is 0 Å². The molecule has 2 amide bonds. The molecule has 2 N–H and O–H groups in total. The molecule has 122 valence electrons. The Morgan fingerprint density at radius 2 is 2.05 bits per heavy atom. The summed E-state index contributed by atoms with van der Waals surface area (Å²) < 4.78 is 4.90. The average Bonchev–Trinajstić information content (AvgIpc) is 2.96. The molecule has 1 fully saturated rings. The van der Waals surface area contributed by atoms with Gasteiger partial charge in [0.25, 0.3) is 0 Å². The van der Waals surface area contributed by atoms with Gasteiger partial charge >= 0.3 is 12.0 Å². The monoisotopic (exact) mass is 301 g/mol. The Morgan fingerprint density at radius 1 is 1.38 bits per heavy atom. The van der Waals surface area contributed by atoms with E-state index < -0.39 is 12.0 Å². The van der Waals surface area contributed by atoms with Gasteiger partial charge in [-0.25, -0.2) is 9.59 Å². The number of hydrogen-bond donors (Lipinski definition) is 2. The molecule has 1 aliphatic heterocycles. The number of rotatable bonds is 9. The van der Waals surface area contributed by atoms with Gasteiger partial charge in [-0.05, 0) is 38.8 Å². The molecule has 0 saturated carbocycles. The van der Waals surface area contributed by atoms with Gasteiger partial charge in [0.15, 0.2) is 0 Å². The van der Waals surface area contributed by atoms with E-state index in [2.05, 4.69) is 10.2 Å². The number of carboxylic acids is 1. The predicted molar refractivity (Wildman–Crippen MR) is 79.4 cm³/mol. The number of carbonyl (C=O) groups excluding carboxylic acids is 1. The summed E-state index contributed by atoms with van der Waals surface area (Å²) in [6.45, 7) is 4.11. The Balaban J connectivity index is 2.31. The van der Waals surface area contributed by atoms with Crippen LogP contribution in [0.25, 0.3) is 0 Å². The van der Waals surface area contributed by atoms with Crippen molar-refractivity contribution in [2.45, 2.75) is 31.7 Å². The average molecular weight is 301 g/mol. The number of aliphatic carboxylic acids is 1. The van der Waals surface area contributed by atoms with E-state index in [1.807, 2.05) is 0 Å². The third kappa shape index (κ3) is 6.77. The topological polar surface area (TPSA) is 82.1 Å². The van der Waals surface area contributed by atoms with Crippen LogP contribution in [0.15, 0.2) is 0 Å². The lowest BCUT2D eigenvalue weighted by molar-refractivity contribution is -0.139. The molecule has 1 unspecified atom stereocenters. The molecule has 0 aromatic rings. The molecule has 7 heteroatoms. The molecule has 1 atom stereocenters. The molecule has 7 nitrogen and oxygen atoms in total. The van der Waals surface area contributed by atoms with E-state index in [1.54, 1.807) is 19.1 Å². The van der Waals surface area contributed by atoms with E-state index in [1.165, 1.54) is 12.8 Å². The van der Waals surface area contributed by atoms with E-state index >= 15 is 0 Å². The molecule has 0 radical (unpaired) electrons. The van der Waals surface area contributed by atoms with Gasteiger partial charge in [-0.2, -0.15) is 0 Å². The third-order valence-electron chi connectivity index (χ3n) is 3.73. The van der Waals surface area contributed by atoms with Crippen LogP contribution in [0.5, 0.6) is 0 Å². The molecule has 1 heterocycles. The highest BCUT2D eigenvalue weighted by molar-refractivity contribution is 5.82. The van der Waals surface area contributed by atoms with E-state index in [9.17, 15) is 9.59 Å². The summed E-state index contributed by atoms with van der Waals surface area (Å²) in [5, 5.41) is 11.7. The highest BCUT2D eigenvalue weighted by atomic mass is 16.5. The SMILES string of the molecule is COCCCC(NC(=O)N(C)CCN1CCCC1)C(=O)O. The summed E-state index contributed by atoms with van der Waals surface area (Å²) in [5.41, 5.74) is 0. The molecule has 1 saturated heterocycles. The lowest BCUT2D eigenvalue weighted by Gasteiger charge is -2.23. The third-order valence-corrected chi connectivity index (χ3v) is 3.73. The number of carbonyl (C=O) groups is 2. The van der Waals surface area contributed by atoms with Crippen molar-refractivity contribution in [3.8, 4) is 0 Å². The van der Waals surface area contributed by atoms with Crippen LogP contribution < -0.4 is 5.32 Å². The van der Waals surface area contributed by atoms with Crippen LogP contribution in [0.1, 0.15) is 25.7 Å². The van der Waals surface area contributed by atoms with Crippen LogP contribution in [0.3, 0.4) is 0 Å². The minimum Gasteiger partial charge on any atom is -0.480 e. The predicted octanol–water partition coefficient (Wildman–Crippen LogP) is 0.603. The van der Waals surface area contributed by atoms with Gasteiger partial charge in [-0.15, -0.1) is 0 Å². The number of nitrogens with zero attached hydrogens (tertiary/aromatic N) is 2. The van der Waals surface area contributed by atoms with Gasteiger partial charge in [0, 0.05) is 33.9 Å². The van der Waals surface area contributed by atoms with Crippen LogP contribution in [0, 0.1) is 0 Å². The number of amides is 2. The molecule has 1 rings (SSSR count). The largest absolute Gasteiger partial charge is 0.480 e. The highest BCUT2D eigenvalue weighted by Gasteiger charge is 2.21. The second kappa shape index (κ2) is 9.57. The van der Waals surface area contributed by atoms with E-state index in [4.69, 9.17) is 9.84 Å². The number of likely N-dealkylation sites (tertiary alicyclic amines) is 1. The first kappa shape index (κ1) is 17.7. The summed E-state index contributed by atoms with van der Waals surface area (Å²) in [7, 11) is 3.26. The highest BCUT2D eigenvalue weighted by Crippen LogP contribution is 2.06. The fourth-order valence-corrected chi connectivity index (χ4v) is 2.35. The van der Waals surface area contributed by atoms with E-state index in [0.29, 0.717) is 26.0 Å². The number of ether oxygens (including phenoxy) is 1. The standard InChI is InChI=1S/C14H27N3O4/c1-16(9-10-17-7-3-4-8-17)14(20)15-12(13(18)19)6-5-11-21-2/h12H,3-11H2,1-2H3,(H,15,20)(H,18,19). The Kier molecular flexibility index (Phi) is 8.07. The van der Waals surface area contributed by atoms with Crippen molar-refractivity contribution >= 4 is 12.0 Å². The zero-order chi connectivity index (χ0) is 15.7. The first-order chi connectivity index (χ1) is 10.0. The fraction of sp³-hybridized carbons (Fsp3) is 0.857. The van der Waals surface area contributed by atoms with Gasteiger partial charge in [0.2, 0.25) is 0 Å². The quantitative estimate of drug-likeness (QED) is 0.610. The van der Waals surface area contributed by atoms with Crippen LogP contribution in [-0.4, -0.2) is 79.9 Å². The number of carboxylic acid groups (broad SMARTS) is 1. The number of likely N-dealkylation sites (N-methyl/N-ethyl adjacent to an activating group) is 1.